The van der Waals surface area contributed by atoms with Gasteiger partial charge in [-0.2, -0.15) is 0 Å². The molecule has 0 aliphatic carbocycles. The Kier molecular flexibility index (Phi) is 5.78. The first-order chi connectivity index (χ1) is 5.54. The molecule has 0 amide bonds. The molecule has 0 heterocycles. The highest BCUT2D eigenvalue weighted by Gasteiger charge is 2.28. The molecule has 0 rings (SSSR count). The van der Waals surface area contributed by atoms with E-state index in [2.05, 4.69) is 0 Å². The lowest BCUT2D eigenvalue weighted by Gasteiger charge is -2.19. The molecule has 0 saturated heterocycles. The first-order valence-electron chi connectivity index (χ1n) is 3.23. The Morgan fingerprint density at radius 2 is 1.75 bits per heavy atom. The number of aliphatic hydroxyl groups is 3. The van der Waals surface area contributed by atoms with Gasteiger partial charge in [-0.3, -0.25) is 4.79 Å². The Hall–Kier alpha value is 0.130. The second-order valence-electron chi connectivity index (χ2n) is 2.26. The molecule has 0 bridgehead atoms. The van der Waals surface area contributed by atoms with Crippen molar-refractivity contribution in [3.05, 3.63) is 0 Å². The minimum atomic E-state index is -1.67. The van der Waals surface area contributed by atoms with Crippen molar-refractivity contribution in [3.8, 4) is 0 Å². The van der Waals surface area contributed by atoms with Gasteiger partial charge in [0.25, 0.3) is 0 Å². The van der Waals surface area contributed by atoms with Gasteiger partial charge in [0, 0.05) is 0 Å². The first-order valence-corrected chi connectivity index (χ1v) is 4.30. The molecule has 3 unspecified atom stereocenters. The van der Waals surface area contributed by atoms with Crippen molar-refractivity contribution in [2.75, 3.05) is 11.8 Å². The number of Topliss-reactive ketones (excluding diaryl/α,β-unsaturated/α-hetero) is 1. The number of aliphatic hydroxyl groups excluding tert-OH is 3. The maximum Gasteiger partial charge on any atom is 0.178 e. The predicted octanol–water partition coefficient (Wildman–Crippen LogP) is -0.884. The summed E-state index contributed by atoms with van der Waals surface area (Å²) in [4.78, 5) is 10.7. The summed E-state index contributed by atoms with van der Waals surface area (Å²) in [5, 5.41) is 26.9. The Labute approximate surface area is 79.7 Å². The van der Waals surface area contributed by atoms with Gasteiger partial charge in [0.2, 0.25) is 0 Å². The SMILES string of the molecule is O=C(CCl)C(O)C(O)C(O)CCl. The van der Waals surface area contributed by atoms with Gasteiger partial charge in [-0.15, -0.1) is 23.2 Å². The number of alkyl halides is 2. The second-order valence-corrected chi connectivity index (χ2v) is 2.83. The number of ketones is 1. The first kappa shape index (κ1) is 12.1. The van der Waals surface area contributed by atoms with E-state index in [0.717, 1.165) is 0 Å². The van der Waals surface area contributed by atoms with Gasteiger partial charge in [0.15, 0.2) is 5.78 Å². The fourth-order valence-electron chi connectivity index (χ4n) is 0.571. The lowest BCUT2D eigenvalue weighted by atomic mass is 10.1. The molecule has 0 aliphatic rings. The third-order valence-electron chi connectivity index (χ3n) is 1.34. The molecule has 72 valence electrons. The third-order valence-corrected chi connectivity index (χ3v) is 1.92. The molecule has 3 N–H and O–H groups in total. The molecule has 0 radical (unpaired) electrons. The predicted molar refractivity (Wildman–Crippen MR) is 44.5 cm³/mol. The van der Waals surface area contributed by atoms with E-state index in [-0.39, 0.29) is 5.88 Å². The van der Waals surface area contributed by atoms with Crippen LogP contribution in [0.5, 0.6) is 0 Å². The van der Waals surface area contributed by atoms with Gasteiger partial charge in [0.1, 0.15) is 12.2 Å². The summed E-state index contributed by atoms with van der Waals surface area (Å²) in [5.41, 5.74) is 0. The maximum absolute atomic E-state index is 10.7. The van der Waals surface area contributed by atoms with Crippen LogP contribution >= 0.6 is 23.2 Å². The molecule has 0 aromatic carbocycles. The average molecular weight is 217 g/mol. The van der Waals surface area contributed by atoms with Crippen LogP contribution in [0.3, 0.4) is 0 Å². The number of carbonyl (C=O) groups excluding carboxylic acids is 1. The molecule has 0 aliphatic heterocycles. The summed E-state index contributed by atoms with van der Waals surface area (Å²) < 4.78 is 0. The van der Waals surface area contributed by atoms with Crippen LogP contribution < -0.4 is 0 Å². The average Bonchev–Trinajstić information content (AvgIpc) is 2.12. The van der Waals surface area contributed by atoms with Crippen LogP contribution in [0, 0.1) is 0 Å². The number of hydrogen-bond donors (Lipinski definition) is 3. The van der Waals surface area contributed by atoms with Gasteiger partial charge < -0.3 is 15.3 Å². The van der Waals surface area contributed by atoms with Crippen molar-refractivity contribution in [2.24, 2.45) is 0 Å². The van der Waals surface area contributed by atoms with Gasteiger partial charge in [-0.25, -0.2) is 0 Å². The molecule has 12 heavy (non-hydrogen) atoms. The molecule has 3 atom stereocenters. The van der Waals surface area contributed by atoms with Crippen molar-refractivity contribution in [3.63, 3.8) is 0 Å². The minimum absolute atomic E-state index is 0.256. The molecule has 6 heteroatoms. The van der Waals surface area contributed by atoms with Crippen molar-refractivity contribution in [2.45, 2.75) is 18.3 Å². The zero-order valence-electron chi connectivity index (χ0n) is 6.15. The molecule has 0 saturated carbocycles. The van der Waals surface area contributed by atoms with E-state index in [9.17, 15) is 4.79 Å². The van der Waals surface area contributed by atoms with E-state index < -0.39 is 30.0 Å². The molecular formula is C6H10Cl2O4. The highest BCUT2D eigenvalue weighted by atomic mass is 35.5. The Balaban J connectivity index is 4.08. The highest BCUT2D eigenvalue weighted by Crippen LogP contribution is 2.04. The Morgan fingerprint density at radius 1 is 1.25 bits per heavy atom. The number of carbonyl (C=O) groups is 1. The number of rotatable bonds is 5. The summed E-state index contributed by atoms with van der Waals surface area (Å²) in [6, 6.07) is 0. The summed E-state index contributed by atoms with van der Waals surface area (Å²) >= 11 is 10.3. The summed E-state index contributed by atoms with van der Waals surface area (Å²) in [6.45, 7) is 0. The van der Waals surface area contributed by atoms with Gasteiger partial charge in [-0.1, -0.05) is 0 Å². The van der Waals surface area contributed by atoms with E-state index in [0.29, 0.717) is 0 Å². The molecule has 0 aromatic heterocycles. The normalized spacial score (nSPS) is 18.4. The number of halogens is 2. The number of hydrogen-bond acceptors (Lipinski definition) is 4. The van der Waals surface area contributed by atoms with Gasteiger partial charge in [0.05, 0.1) is 17.9 Å². The third kappa shape index (κ3) is 3.25. The van der Waals surface area contributed by atoms with Crippen LogP contribution in [-0.4, -0.2) is 51.2 Å². The fourth-order valence-corrected chi connectivity index (χ4v) is 0.912. The second kappa shape index (κ2) is 5.72. The van der Waals surface area contributed by atoms with Crippen LogP contribution in [-0.2, 0) is 4.79 Å². The smallest absolute Gasteiger partial charge is 0.178 e. The maximum atomic E-state index is 10.7. The molecule has 4 nitrogen and oxygen atoms in total. The zero-order chi connectivity index (χ0) is 9.72. The van der Waals surface area contributed by atoms with Crippen LogP contribution in [0.15, 0.2) is 0 Å². The van der Waals surface area contributed by atoms with E-state index in [4.69, 9.17) is 38.5 Å². The minimum Gasteiger partial charge on any atom is -0.389 e. The van der Waals surface area contributed by atoms with Gasteiger partial charge in [-0.05, 0) is 0 Å². The monoisotopic (exact) mass is 216 g/mol. The topological polar surface area (TPSA) is 77.8 Å². The van der Waals surface area contributed by atoms with Crippen molar-refractivity contribution < 1.29 is 20.1 Å². The zero-order valence-corrected chi connectivity index (χ0v) is 7.66. The molecular weight excluding hydrogens is 207 g/mol. The van der Waals surface area contributed by atoms with Crippen LogP contribution in [0.2, 0.25) is 0 Å². The van der Waals surface area contributed by atoms with Crippen LogP contribution in [0.25, 0.3) is 0 Å². The summed E-state index contributed by atoms with van der Waals surface area (Å²) in [5.74, 6) is -1.41. The van der Waals surface area contributed by atoms with E-state index in [1.165, 1.54) is 0 Å². The van der Waals surface area contributed by atoms with Crippen molar-refractivity contribution in [1.29, 1.82) is 0 Å². The van der Waals surface area contributed by atoms with Crippen LogP contribution in [0.1, 0.15) is 0 Å². The molecule has 0 spiro atoms. The Bertz CT molecular complexity index is 152. The standard InChI is InChI=1S/C6H10Cl2O4/c7-1-3(9)5(11)6(12)4(10)2-8/h3,5-6,9,11-12H,1-2H2. The lowest BCUT2D eigenvalue weighted by Crippen LogP contribution is -2.43. The van der Waals surface area contributed by atoms with E-state index in [1.807, 2.05) is 0 Å². The largest absolute Gasteiger partial charge is 0.389 e. The summed E-state index contributed by atoms with van der Waals surface area (Å²) in [7, 11) is 0. The summed E-state index contributed by atoms with van der Waals surface area (Å²) in [6.07, 6.45) is -4.57. The molecule has 0 aromatic rings. The highest BCUT2D eigenvalue weighted by molar-refractivity contribution is 6.28. The van der Waals surface area contributed by atoms with Crippen molar-refractivity contribution >= 4 is 29.0 Å². The fraction of sp³-hybridized carbons (Fsp3) is 0.833. The van der Waals surface area contributed by atoms with Gasteiger partial charge >= 0.3 is 0 Å². The van der Waals surface area contributed by atoms with E-state index in [1.54, 1.807) is 0 Å². The van der Waals surface area contributed by atoms with E-state index >= 15 is 0 Å². The Morgan fingerprint density at radius 3 is 2.08 bits per heavy atom. The lowest BCUT2D eigenvalue weighted by molar-refractivity contribution is -0.135. The van der Waals surface area contributed by atoms with Crippen molar-refractivity contribution in [1.82, 2.24) is 0 Å². The molecule has 0 fully saturated rings. The van der Waals surface area contributed by atoms with Crippen LogP contribution in [0.4, 0.5) is 0 Å². The quantitative estimate of drug-likeness (QED) is 0.522.